The second kappa shape index (κ2) is 13.0. The normalized spacial score (nSPS) is 10.2. The molecular weight excluding hydrogens is 414 g/mol. The number of benzene rings is 2. The number of nitrogens with one attached hydrogen (secondary N) is 2. The molecule has 3 amide bonds. The van der Waals surface area contributed by atoms with Gasteiger partial charge in [0, 0.05) is 44.6 Å². The van der Waals surface area contributed by atoms with Gasteiger partial charge < -0.3 is 29.7 Å². The van der Waals surface area contributed by atoms with Crippen LogP contribution in [0.2, 0.25) is 0 Å². The van der Waals surface area contributed by atoms with Crippen molar-refractivity contribution < 1.29 is 28.6 Å². The van der Waals surface area contributed by atoms with Crippen molar-refractivity contribution >= 4 is 23.4 Å². The molecule has 0 unspecified atom stereocenters. The zero-order chi connectivity index (χ0) is 23.3. The number of nitrogens with zero attached hydrogens (tertiary/aromatic N) is 1. The summed E-state index contributed by atoms with van der Waals surface area (Å²) < 4.78 is 15.5. The maximum Gasteiger partial charge on any atom is 0.262 e. The summed E-state index contributed by atoms with van der Waals surface area (Å²) in [5.41, 5.74) is 1.01. The molecule has 32 heavy (non-hydrogen) atoms. The Balaban J connectivity index is 1.79. The Hall–Kier alpha value is -3.59. The number of carbonyl (C=O) groups is 3. The van der Waals surface area contributed by atoms with E-state index in [1.807, 2.05) is 0 Å². The SMILES string of the molecule is COCCCNC(=O)CN(C)C(=O)c1ccc(OCC(=O)Nc2cccc(OC)c2)cc1. The minimum atomic E-state index is -0.324. The van der Waals surface area contributed by atoms with Crippen LogP contribution in [0.3, 0.4) is 0 Å². The maximum absolute atomic E-state index is 12.5. The van der Waals surface area contributed by atoms with Gasteiger partial charge in [0.2, 0.25) is 5.91 Å². The van der Waals surface area contributed by atoms with Crippen molar-refractivity contribution in [2.45, 2.75) is 6.42 Å². The Morgan fingerprint density at radius 1 is 0.969 bits per heavy atom. The number of anilines is 1. The fourth-order valence-electron chi connectivity index (χ4n) is 2.75. The van der Waals surface area contributed by atoms with E-state index in [0.29, 0.717) is 42.3 Å². The molecule has 9 heteroatoms. The van der Waals surface area contributed by atoms with E-state index in [1.54, 1.807) is 69.8 Å². The van der Waals surface area contributed by atoms with Crippen LogP contribution in [0.4, 0.5) is 5.69 Å². The molecule has 2 aromatic carbocycles. The van der Waals surface area contributed by atoms with Crippen molar-refractivity contribution in [3.8, 4) is 11.5 Å². The lowest BCUT2D eigenvalue weighted by molar-refractivity contribution is -0.121. The van der Waals surface area contributed by atoms with Crippen LogP contribution in [-0.2, 0) is 14.3 Å². The van der Waals surface area contributed by atoms with E-state index in [-0.39, 0.29) is 30.9 Å². The fraction of sp³-hybridized carbons (Fsp3) is 0.348. The van der Waals surface area contributed by atoms with E-state index < -0.39 is 0 Å². The molecule has 0 aliphatic heterocycles. The average Bonchev–Trinajstić information content (AvgIpc) is 2.80. The molecule has 0 fully saturated rings. The monoisotopic (exact) mass is 443 g/mol. The number of hydrogen-bond acceptors (Lipinski definition) is 6. The Morgan fingerprint density at radius 2 is 1.72 bits per heavy atom. The molecule has 2 aromatic rings. The summed E-state index contributed by atoms with van der Waals surface area (Å²) in [7, 11) is 4.71. The Kier molecular flexibility index (Phi) is 9.99. The van der Waals surface area contributed by atoms with E-state index in [2.05, 4.69) is 10.6 Å². The quantitative estimate of drug-likeness (QED) is 0.486. The van der Waals surface area contributed by atoms with Crippen LogP contribution in [0, 0.1) is 0 Å². The third kappa shape index (κ3) is 8.27. The number of rotatable bonds is 12. The molecular formula is C23H29N3O6. The molecule has 0 bridgehead atoms. The molecule has 0 aliphatic carbocycles. The highest BCUT2D eigenvalue weighted by molar-refractivity contribution is 5.96. The van der Waals surface area contributed by atoms with E-state index in [0.717, 1.165) is 0 Å². The van der Waals surface area contributed by atoms with Gasteiger partial charge in [-0.25, -0.2) is 0 Å². The first-order valence-electron chi connectivity index (χ1n) is 10.1. The van der Waals surface area contributed by atoms with Crippen LogP contribution < -0.4 is 20.1 Å². The molecule has 0 aromatic heterocycles. The van der Waals surface area contributed by atoms with Crippen LogP contribution in [-0.4, -0.2) is 70.2 Å². The van der Waals surface area contributed by atoms with Crippen LogP contribution in [0.1, 0.15) is 16.8 Å². The third-order valence-corrected chi connectivity index (χ3v) is 4.40. The Labute approximate surface area is 187 Å². The molecule has 9 nitrogen and oxygen atoms in total. The molecule has 2 N–H and O–H groups in total. The van der Waals surface area contributed by atoms with Gasteiger partial charge in [-0.1, -0.05) is 6.07 Å². The largest absolute Gasteiger partial charge is 0.497 e. The Morgan fingerprint density at radius 3 is 2.41 bits per heavy atom. The lowest BCUT2D eigenvalue weighted by Crippen LogP contribution is -2.38. The van der Waals surface area contributed by atoms with Gasteiger partial charge in [-0.2, -0.15) is 0 Å². The summed E-state index contributed by atoms with van der Waals surface area (Å²) in [5.74, 6) is 0.228. The van der Waals surface area contributed by atoms with Gasteiger partial charge in [-0.3, -0.25) is 14.4 Å². The average molecular weight is 444 g/mol. The summed E-state index contributed by atoms with van der Waals surface area (Å²) in [4.78, 5) is 37.8. The number of methoxy groups -OCH3 is 2. The van der Waals surface area contributed by atoms with Gasteiger partial charge >= 0.3 is 0 Å². The van der Waals surface area contributed by atoms with Crippen molar-refractivity contribution in [3.63, 3.8) is 0 Å². The molecule has 0 spiro atoms. The fourth-order valence-corrected chi connectivity index (χ4v) is 2.75. The summed E-state index contributed by atoms with van der Waals surface area (Å²) in [6.45, 7) is 0.820. The first kappa shape index (κ1) is 24.7. The van der Waals surface area contributed by atoms with Crippen molar-refractivity contribution in [1.82, 2.24) is 10.2 Å². The molecule has 0 atom stereocenters. The Bertz CT molecular complexity index is 901. The van der Waals surface area contributed by atoms with Crippen molar-refractivity contribution in [2.75, 3.05) is 52.9 Å². The van der Waals surface area contributed by atoms with Gasteiger partial charge in [0.15, 0.2) is 6.61 Å². The van der Waals surface area contributed by atoms with Gasteiger partial charge in [0.25, 0.3) is 11.8 Å². The highest BCUT2D eigenvalue weighted by atomic mass is 16.5. The first-order chi connectivity index (χ1) is 15.4. The van der Waals surface area contributed by atoms with E-state index in [4.69, 9.17) is 14.2 Å². The lowest BCUT2D eigenvalue weighted by Gasteiger charge is -2.17. The molecule has 0 radical (unpaired) electrons. The van der Waals surface area contributed by atoms with Crippen molar-refractivity contribution in [3.05, 3.63) is 54.1 Å². The third-order valence-electron chi connectivity index (χ3n) is 4.40. The smallest absolute Gasteiger partial charge is 0.262 e. The zero-order valence-electron chi connectivity index (χ0n) is 18.6. The van der Waals surface area contributed by atoms with Crippen molar-refractivity contribution in [2.24, 2.45) is 0 Å². The number of ether oxygens (including phenoxy) is 3. The highest BCUT2D eigenvalue weighted by Gasteiger charge is 2.15. The van der Waals surface area contributed by atoms with E-state index >= 15 is 0 Å². The molecule has 0 heterocycles. The van der Waals surface area contributed by atoms with E-state index in [1.165, 1.54) is 4.90 Å². The number of carbonyl (C=O) groups excluding carboxylic acids is 3. The standard InChI is InChI=1S/C23H29N3O6/c1-26(15-21(27)24-12-5-13-30-2)23(29)17-8-10-19(11-9-17)32-16-22(28)25-18-6-4-7-20(14-18)31-3/h4,6-11,14H,5,12-13,15-16H2,1-3H3,(H,24,27)(H,25,28). The predicted molar refractivity (Wildman–Crippen MR) is 120 cm³/mol. The topological polar surface area (TPSA) is 106 Å². The second-order valence-corrected chi connectivity index (χ2v) is 6.95. The second-order valence-electron chi connectivity index (χ2n) is 6.95. The highest BCUT2D eigenvalue weighted by Crippen LogP contribution is 2.17. The molecule has 172 valence electrons. The van der Waals surface area contributed by atoms with E-state index in [9.17, 15) is 14.4 Å². The van der Waals surface area contributed by atoms with Crippen LogP contribution >= 0.6 is 0 Å². The molecule has 0 aliphatic rings. The summed E-state index contributed by atoms with van der Waals surface area (Å²) >= 11 is 0. The van der Waals surface area contributed by atoms with Gasteiger partial charge in [-0.15, -0.1) is 0 Å². The minimum absolute atomic E-state index is 0.0471. The molecule has 0 saturated heterocycles. The number of amides is 3. The summed E-state index contributed by atoms with van der Waals surface area (Å²) in [6, 6.07) is 13.4. The molecule has 0 saturated carbocycles. The van der Waals surface area contributed by atoms with Crippen LogP contribution in [0.15, 0.2) is 48.5 Å². The lowest BCUT2D eigenvalue weighted by atomic mass is 10.2. The summed E-state index contributed by atoms with van der Waals surface area (Å²) in [6.07, 6.45) is 0.707. The van der Waals surface area contributed by atoms with Gasteiger partial charge in [0.05, 0.1) is 13.7 Å². The zero-order valence-corrected chi connectivity index (χ0v) is 18.6. The minimum Gasteiger partial charge on any atom is -0.497 e. The van der Waals surface area contributed by atoms with Gasteiger partial charge in [-0.05, 0) is 42.8 Å². The molecule has 2 rings (SSSR count). The maximum atomic E-state index is 12.5. The van der Waals surface area contributed by atoms with Crippen LogP contribution in [0.25, 0.3) is 0 Å². The predicted octanol–water partition coefficient (Wildman–Crippen LogP) is 1.94. The number of likely N-dealkylation sites (N-methyl/N-ethyl adjacent to an activating group) is 1. The van der Waals surface area contributed by atoms with Crippen LogP contribution in [0.5, 0.6) is 11.5 Å². The van der Waals surface area contributed by atoms with Crippen molar-refractivity contribution in [1.29, 1.82) is 0 Å². The van der Waals surface area contributed by atoms with Gasteiger partial charge in [0.1, 0.15) is 11.5 Å². The number of hydrogen-bond donors (Lipinski definition) is 2. The first-order valence-corrected chi connectivity index (χ1v) is 10.1. The summed E-state index contributed by atoms with van der Waals surface area (Å²) in [5, 5.41) is 5.46.